The van der Waals surface area contributed by atoms with Crippen molar-refractivity contribution in [3.8, 4) is 0 Å². The summed E-state index contributed by atoms with van der Waals surface area (Å²) < 4.78 is 0. The van der Waals surface area contributed by atoms with Crippen LogP contribution in [0.5, 0.6) is 0 Å². The molecule has 1 aromatic carbocycles. The first-order valence-corrected chi connectivity index (χ1v) is 7.25. The lowest BCUT2D eigenvalue weighted by Crippen LogP contribution is -2.43. The lowest BCUT2D eigenvalue weighted by Gasteiger charge is -2.34. The minimum Gasteiger partial charge on any atom is -0.390 e. The third-order valence-electron chi connectivity index (χ3n) is 4.25. The van der Waals surface area contributed by atoms with E-state index in [1.807, 2.05) is 18.2 Å². The van der Waals surface area contributed by atoms with Gasteiger partial charge in [0.1, 0.15) is 5.60 Å². The Kier molecular flexibility index (Phi) is 4.78. The van der Waals surface area contributed by atoms with Gasteiger partial charge in [0.25, 0.3) is 0 Å². The first-order chi connectivity index (χ1) is 9.13. The van der Waals surface area contributed by atoms with Crippen LogP contribution in [0.4, 0.5) is 0 Å². The predicted octanol–water partition coefficient (Wildman–Crippen LogP) is 3.23. The van der Waals surface area contributed by atoms with Crippen LogP contribution in [0.15, 0.2) is 42.5 Å². The topological polar surface area (TPSA) is 40.5 Å². The molecule has 0 radical (unpaired) electrons. The molecule has 0 unspecified atom stereocenters. The number of aliphatic hydroxyl groups excluding tert-OH is 1. The van der Waals surface area contributed by atoms with E-state index >= 15 is 0 Å². The van der Waals surface area contributed by atoms with Gasteiger partial charge in [0, 0.05) is 0 Å². The van der Waals surface area contributed by atoms with Crippen LogP contribution in [0, 0.1) is 0 Å². The summed E-state index contributed by atoms with van der Waals surface area (Å²) in [4.78, 5) is 0. The Morgan fingerprint density at radius 1 is 1.16 bits per heavy atom. The van der Waals surface area contributed by atoms with E-state index in [1.54, 1.807) is 0 Å². The molecule has 0 aromatic heterocycles. The Morgan fingerprint density at radius 3 is 2.63 bits per heavy atom. The Labute approximate surface area is 115 Å². The summed E-state index contributed by atoms with van der Waals surface area (Å²) in [7, 11) is 0. The number of benzene rings is 1. The molecule has 1 aromatic rings. The van der Waals surface area contributed by atoms with Crippen LogP contribution in [-0.4, -0.2) is 21.9 Å². The van der Waals surface area contributed by atoms with E-state index in [-0.39, 0.29) is 0 Å². The summed E-state index contributed by atoms with van der Waals surface area (Å²) in [5.41, 5.74) is 0.931. The Balaban J connectivity index is 1.97. The fourth-order valence-electron chi connectivity index (χ4n) is 2.89. The van der Waals surface area contributed by atoms with Crippen molar-refractivity contribution in [3.05, 3.63) is 48.0 Å². The molecule has 1 aliphatic carbocycles. The lowest BCUT2D eigenvalue weighted by atomic mass is 9.82. The zero-order chi connectivity index (χ0) is 13.7. The molecule has 0 heterocycles. The second-order valence-corrected chi connectivity index (χ2v) is 5.63. The van der Waals surface area contributed by atoms with Crippen molar-refractivity contribution in [1.82, 2.24) is 0 Å². The van der Waals surface area contributed by atoms with E-state index in [9.17, 15) is 10.2 Å². The van der Waals surface area contributed by atoms with Crippen molar-refractivity contribution in [2.75, 3.05) is 0 Å². The predicted molar refractivity (Wildman–Crippen MR) is 77.9 cm³/mol. The van der Waals surface area contributed by atoms with Crippen LogP contribution in [0.25, 0.3) is 0 Å². The Morgan fingerprint density at radius 2 is 1.89 bits per heavy atom. The summed E-state index contributed by atoms with van der Waals surface area (Å²) in [6.45, 7) is 3.99. The van der Waals surface area contributed by atoms with Gasteiger partial charge >= 0.3 is 0 Å². The van der Waals surface area contributed by atoms with Crippen LogP contribution in [0.2, 0.25) is 0 Å². The van der Waals surface area contributed by atoms with Gasteiger partial charge in [-0.25, -0.2) is 0 Å². The fraction of sp³-hybridized carbons (Fsp3) is 0.529. The highest BCUT2D eigenvalue weighted by Gasteiger charge is 2.38. The molecule has 0 saturated heterocycles. The van der Waals surface area contributed by atoms with E-state index < -0.39 is 11.7 Å². The molecular formula is C17H24O2. The van der Waals surface area contributed by atoms with Gasteiger partial charge in [0.15, 0.2) is 0 Å². The van der Waals surface area contributed by atoms with Crippen molar-refractivity contribution in [3.63, 3.8) is 0 Å². The van der Waals surface area contributed by atoms with E-state index in [4.69, 9.17) is 0 Å². The van der Waals surface area contributed by atoms with E-state index in [0.29, 0.717) is 12.8 Å². The van der Waals surface area contributed by atoms with Crippen molar-refractivity contribution >= 4 is 0 Å². The molecule has 0 bridgehead atoms. The highest BCUT2D eigenvalue weighted by Crippen LogP contribution is 2.35. The number of aryl methyl sites for hydroxylation is 1. The monoisotopic (exact) mass is 260 g/mol. The molecule has 19 heavy (non-hydrogen) atoms. The van der Waals surface area contributed by atoms with Crippen LogP contribution in [0.3, 0.4) is 0 Å². The molecule has 104 valence electrons. The smallest absolute Gasteiger partial charge is 0.111 e. The van der Waals surface area contributed by atoms with Crippen molar-refractivity contribution in [2.24, 2.45) is 0 Å². The molecule has 1 fully saturated rings. The molecule has 1 saturated carbocycles. The van der Waals surface area contributed by atoms with Gasteiger partial charge in [-0.05, 0) is 43.2 Å². The van der Waals surface area contributed by atoms with Gasteiger partial charge in [-0.3, -0.25) is 0 Å². The molecule has 0 aliphatic heterocycles. The Bertz CT molecular complexity index is 413. The highest BCUT2D eigenvalue weighted by molar-refractivity contribution is 5.19. The molecular weight excluding hydrogens is 236 g/mol. The fourth-order valence-corrected chi connectivity index (χ4v) is 2.89. The van der Waals surface area contributed by atoms with Crippen molar-refractivity contribution in [2.45, 2.75) is 56.7 Å². The summed E-state index contributed by atoms with van der Waals surface area (Å²) in [5.74, 6) is 0. The van der Waals surface area contributed by atoms with E-state index in [2.05, 4.69) is 18.7 Å². The number of hydrogen-bond acceptors (Lipinski definition) is 2. The number of rotatable bonds is 4. The quantitative estimate of drug-likeness (QED) is 0.644. The zero-order valence-corrected chi connectivity index (χ0v) is 11.5. The van der Waals surface area contributed by atoms with Gasteiger partial charge in [-0.2, -0.15) is 0 Å². The average molecular weight is 260 g/mol. The SMILES string of the molecule is C=C1CCCCC[C@@]1(O)[C@H](O)CCc1ccccc1. The molecule has 2 heteroatoms. The molecule has 0 amide bonds. The molecule has 2 N–H and O–H groups in total. The first-order valence-electron chi connectivity index (χ1n) is 7.25. The van der Waals surface area contributed by atoms with Gasteiger partial charge < -0.3 is 10.2 Å². The molecule has 0 spiro atoms. The summed E-state index contributed by atoms with van der Waals surface area (Å²) in [6, 6.07) is 10.1. The minimum atomic E-state index is -1.08. The zero-order valence-electron chi connectivity index (χ0n) is 11.5. The third kappa shape index (κ3) is 3.46. The maximum Gasteiger partial charge on any atom is 0.111 e. The van der Waals surface area contributed by atoms with E-state index in [0.717, 1.165) is 37.7 Å². The summed E-state index contributed by atoms with van der Waals surface area (Å²) >= 11 is 0. The van der Waals surface area contributed by atoms with Crippen LogP contribution in [0.1, 0.15) is 44.1 Å². The second kappa shape index (κ2) is 6.36. The van der Waals surface area contributed by atoms with Crippen LogP contribution in [-0.2, 0) is 6.42 Å². The minimum absolute atomic E-state index is 0.583. The molecule has 2 rings (SSSR count). The van der Waals surface area contributed by atoms with Gasteiger partial charge in [0.2, 0.25) is 0 Å². The first kappa shape index (κ1) is 14.3. The van der Waals surface area contributed by atoms with Crippen LogP contribution >= 0.6 is 0 Å². The maximum atomic E-state index is 10.7. The summed E-state index contributed by atoms with van der Waals surface area (Å²) in [6.07, 6.45) is 5.30. The summed E-state index contributed by atoms with van der Waals surface area (Å²) in [5, 5.41) is 21.1. The molecule has 2 nitrogen and oxygen atoms in total. The average Bonchev–Trinajstić information content (AvgIpc) is 2.61. The third-order valence-corrected chi connectivity index (χ3v) is 4.25. The van der Waals surface area contributed by atoms with Gasteiger partial charge in [-0.1, -0.05) is 49.8 Å². The van der Waals surface area contributed by atoms with Gasteiger partial charge in [-0.15, -0.1) is 0 Å². The lowest BCUT2D eigenvalue weighted by molar-refractivity contribution is -0.0566. The molecule has 1 aliphatic rings. The van der Waals surface area contributed by atoms with Gasteiger partial charge in [0.05, 0.1) is 6.10 Å². The highest BCUT2D eigenvalue weighted by atomic mass is 16.3. The van der Waals surface area contributed by atoms with E-state index in [1.165, 1.54) is 5.56 Å². The van der Waals surface area contributed by atoms with Crippen molar-refractivity contribution < 1.29 is 10.2 Å². The number of aliphatic hydroxyl groups is 2. The maximum absolute atomic E-state index is 10.7. The number of hydrogen-bond donors (Lipinski definition) is 2. The van der Waals surface area contributed by atoms with Crippen LogP contribution < -0.4 is 0 Å². The second-order valence-electron chi connectivity index (χ2n) is 5.63. The molecule has 2 atom stereocenters. The Hall–Kier alpha value is -1.12. The van der Waals surface area contributed by atoms with Crippen molar-refractivity contribution in [1.29, 1.82) is 0 Å². The largest absolute Gasteiger partial charge is 0.390 e. The normalized spacial score (nSPS) is 25.9. The standard InChI is InChI=1S/C17H24O2/c1-14-8-4-3-7-13-17(14,19)16(18)12-11-15-9-5-2-6-10-15/h2,5-6,9-10,16,18-19H,1,3-4,7-8,11-13H2/t16-,17+/m1/s1.